The summed E-state index contributed by atoms with van der Waals surface area (Å²) in [7, 11) is 0. The summed E-state index contributed by atoms with van der Waals surface area (Å²) in [6.45, 7) is 7.01. The summed E-state index contributed by atoms with van der Waals surface area (Å²) in [5.41, 5.74) is 4.18. The van der Waals surface area contributed by atoms with Crippen molar-refractivity contribution in [3.63, 3.8) is 0 Å². The molecule has 0 aromatic heterocycles. The van der Waals surface area contributed by atoms with Crippen LogP contribution in [0.1, 0.15) is 40.9 Å². The lowest BCUT2D eigenvalue weighted by Gasteiger charge is -2.35. The molecule has 4 rings (SSSR count). The fourth-order valence-corrected chi connectivity index (χ4v) is 4.25. The third-order valence-electron chi connectivity index (χ3n) is 5.77. The highest BCUT2D eigenvalue weighted by atomic mass is 16.5. The zero-order valence-corrected chi connectivity index (χ0v) is 17.6. The summed E-state index contributed by atoms with van der Waals surface area (Å²) in [6.07, 6.45) is 0.988. The van der Waals surface area contributed by atoms with Gasteiger partial charge in [-0.15, -0.1) is 0 Å². The number of carbonyl (C=O) groups excluding carboxylic acids is 2. The first-order valence-corrected chi connectivity index (χ1v) is 10.6. The minimum Gasteiger partial charge on any atom is -0.372 e. The van der Waals surface area contributed by atoms with Crippen molar-refractivity contribution in [3.8, 4) is 0 Å². The fourth-order valence-electron chi connectivity index (χ4n) is 4.25. The first-order chi connectivity index (χ1) is 14.5. The van der Waals surface area contributed by atoms with Gasteiger partial charge >= 0.3 is 6.03 Å². The van der Waals surface area contributed by atoms with Gasteiger partial charge in [0.1, 0.15) is 0 Å². The van der Waals surface area contributed by atoms with Crippen LogP contribution in [0.4, 0.5) is 4.79 Å². The van der Waals surface area contributed by atoms with E-state index in [0.29, 0.717) is 31.7 Å². The average molecular weight is 408 g/mol. The molecule has 0 aliphatic carbocycles. The molecule has 30 heavy (non-hydrogen) atoms. The lowest BCUT2D eigenvalue weighted by molar-refractivity contribution is -0.0586. The molecule has 2 aromatic rings. The molecule has 6 heteroatoms. The van der Waals surface area contributed by atoms with Gasteiger partial charge in [-0.25, -0.2) is 4.79 Å². The Hall–Kier alpha value is -2.86. The highest BCUT2D eigenvalue weighted by Crippen LogP contribution is 2.19. The quantitative estimate of drug-likeness (QED) is 0.850. The third kappa shape index (κ3) is 4.65. The van der Waals surface area contributed by atoms with Crippen molar-refractivity contribution in [2.24, 2.45) is 0 Å². The Labute approximate surface area is 177 Å². The van der Waals surface area contributed by atoms with Gasteiger partial charge < -0.3 is 19.9 Å². The van der Waals surface area contributed by atoms with E-state index in [0.717, 1.165) is 18.5 Å². The van der Waals surface area contributed by atoms with E-state index in [2.05, 4.69) is 17.4 Å². The molecule has 3 amide bonds. The topological polar surface area (TPSA) is 61.9 Å². The molecule has 1 N–H and O–H groups in total. The van der Waals surface area contributed by atoms with Crippen molar-refractivity contribution in [3.05, 3.63) is 70.8 Å². The van der Waals surface area contributed by atoms with Crippen LogP contribution in [0, 0.1) is 0 Å². The standard InChI is InChI=1S/C24H29N3O3/c1-17-14-27(15-18(2)30-17)23(28)21-9-7-19(8-10-21)13-25-24(29)26-12-11-20-5-3-4-6-22(20)16-26/h3-10,17-18H,11-16H2,1-2H3,(H,25,29). The van der Waals surface area contributed by atoms with Crippen LogP contribution in [0.25, 0.3) is 0 Å². The number of hydrogen-bond acceptors (Lipinski definition) is 3. The Morgan fingerprint density at radius 2 is 1.63 bits per heavy atom. The van der Waals surface area contributed by atoms with Gasteiger partial charge in [0.25, 0.3) is 5.91 Å². The van der Waals surface area contributed by atoms with Crippen molar-refractivity contribution in [1.29, 1.82) is 0 Å². The van der Waals surface area contributed by atoms with Gasteiger partial charge in [-0.05, 0) is 49.1 Å². The van der Waals surface area contributed by atoms with Crippen molar-refractivity contribution in [2.75, 3.05) is 19.6 Å². The van der Waals surface area contributed by atoms with Crippen LogP contribution in [-0.2, 0) is 24.2 Å². The molecule has 0 bridgehead atoms. The number of carbonyl (C=O) groups is 2. The Bertz CT molecular complexity index is 902. The van der Waals surface area contributed by atoms with Crippen LogP contribution in [0.3, 0.4) is 0 Å². The van der Waals surface area contributed by atoms with Gasteiger partial charge in [0.2, 0.25) is 0 Å². The normalized spacial score (nSPS) is 21.1. The van der Waals surface area contributed by atoms with Crippen LogP contribution in [-0.4, -0.2) is 53.6 Å². The predicted octanol–water partition coefficient (Wildman–Crippen LogP) is 3.20. The maximum atomic E-state index is 12.8. The predicted molar refractivity (Wildman–Crippen MR) is 115 cm³/mol. The molecule has 2 aromatic carbocycles. The van der Waals surface area contributed by atoms with Crippen LogP contribution >= 0.6 is 0 Å². The van der Waals surface area contributed by atoms with Crippen molar-refractivity contribution in [2.45, 2.75) is 45.6 Å². The van der Waals surface area contributed by atoms with E-state index < -0.39 is 0 Å². The largest absolute Gasteiger partial charge is 0.372 e. The molecule has 2 unspecified atom stereocenters. The van der Waals surface area contributed by atoms with Gasteiger partial charge in [-0.3, -0.25) is 4.79 Å². The molecule has 0 spiro atoms. The lowest BCUT2D eigenvalue weighted by Crippen LogP contribution is -2.48. The lowest BCUT2D eigenvalue weighted by atomic mass is 10.0. The SMILES string of the molecule is CC1CN(C(=O)c2ccc(CNC(=O)N3CCc4ccccc4C3)cc2)CC(C)O1. The van der Waals surface area contributed by atoms with Crippen molar-refractivity contribution in [1.82, 2.24) is 15.1 Å². The second kappa shape index (κ2) is 8.88. The molecule has 6 nitrogen and oxygen atoms in total. The van der Waals surface area contributed by atoms with E-state index in [1.165, 1.54) is 11.1 Å². The van der Waals surface area contributed by atoms with E-state index in [9.17, 15) is 9.59 Å². The number of benzene rings is 2. The van der Waals surface area contributed by atoms with Crippen molar-refractivity contribution >= 4 is 11.9 Å². The Morgan fingerprint density at radius 3 is 2.33 bits per heavy atom. The number of fused-ring (bicyclic) bond motifs is 1. The van der Waals surface area contributed by atoms with E-state index >= 15 is 0 Å². The number of urea groups is 1. The summed E-state index contributed by atoms with van der Waals surface area (Å²) in [6, 6.07) is 15.7. The summed E-state index contributed by atoms with van der Waals surface area (Å²) < 4.78 is 5.71. The zero-order valence-electron chi connectivity index (χ0n) is 17.6. The second-order valence-electron chi connectivity index (χ2n) is 8.26. The number of amides is 3. The van der Waals surface area contributed by atoms with Crippen LogP contribution in [0.2, 0.25) is 0 Å². The highest BCUT2D eigenvalue weighted by molar-refractivity contribution is 5.94. The number of rotatable bonds is 3. The van der Waals surface area contributed by atoms with Crippen LogP contribution in [0.5, 0.6) is 0 Å². The fraction of sp³-hybridized carbons (Fsp3) is 0.417. The molecule has 1 saturated heterocycles. The molecule has 0 radical (unpaired) electrons. The number of nitrogens with one attached hydrogen (secondary N) is 1. The maximum absolute atomic E-state index is 12.8. The van der Waals surface area contributed by atoms with E-state index in [4.69, 9.17) is 4.74 Å². The van der Waals surface area contributed by atoms with E-state index in [1.807, 2.05) is 60.0 Å². The zero-order chi connectivity index (χ0) is 21.1. The molecule has 1 fully saturated rings. The molecule has 2 heterocycles. The smallest absolute Gasteiger partial charge is 0.317 e. The highest BCUT2D eigenvalue weighted by Gasteiger charge is 2.26. The van der Waals surface area contributed by atoms with Gasteiger partial charge in [0, 0.05) is 38.3 Å². The van der Waals surface area contributed by atoms with Gasteiger partial charge in [-0.1, -0.05) is 36.4 Å². The van der Waals surface area contributed by atoms with Crippen molar-refractivity contribution < 1.29 is 14.3 Å². The molecular formula is C24H29N3O3. The minimum absolute atomic E-state index is 0.0274. The molecule has 0 saturated carbocycles. The van der Waals surface area contributed by atoms with Gasteiger partial charge in [0.15, 0.2) is 0 Å². The van der Waals surface area contributed by atoms with Gasteiger partial charge in [-0.2, -0.15) is 0 Å². The average Bonchev–Trinajstić information content (AvgIpc) is 2.76. The molecule has 2 aliphatic heterocycles. The Balaban J connectivity index is 1.31. The minimum atomic E-state index is -0.0547. The summed E-state index contributed by atoms with van der Waals surface area (Å²) in [5, 5.41) is 3.00. The summed E-state index contributed by atoms with van der Waals surface area (Å²) >= 11 is 0. The third-order valence-corrected chi connectivity index (χ3v) is 5.77. The number of ether oxygens (including phenoxy) is 1. The monoisotopic (exact) mass is 407 g/mol. The second-order valence-corrected chi connectivity index (χ2v) is 8.26. The molecule has 2 atom stereocenters. The number of morpholine rings is 1. The summed E-state index contributed by atoms with van der Waals surface area (Å²) in [4.78, 5) is 29.0. The van der Waals surface area contributed by atoms with Crippen LogP contribution in [0.15, 0.2) is 48.5 Å². The summed E-state index contributed by atoms with van der Waals surface area (Å²) in [5.74, 6) is 0.0274. The van der Waals surface area contributed by atoms with Gasteiger partial charge in [0.05, 0.1) is 12.2 Å². The number of hydrogen-bond donors (Lipinski definition) is 1. The first kappa shape index (κ1) is 20.4. The molecule has 2 aliphatic rings. The van der Waals surface area contributed by atoms with Crippen LogP contribution < -0.4 is 5.32 Å². The maximum Gasteiger partial charge on any atom is 0.317 e. The van der Waals surface area contributed by atoms with E-state index in [-0.39, 0.29) is 24.1 Å². The number of nitrogens with zero attached hydrogens (tertiary/aromatic N) is 2. The molecule has 158 valence electrons. The first-order valence-electron chi connectivity index (χ1n) is 10.6. The van der Waals surface area contributed by atoms with E-state index in [1.54, 1.807) is 0 Å². The Kier molecular flexibility index (Phi) is 6.04. The Morgan fingerprint density at radius 1 is 0.967 bits per heavy atom. The molecular weight excluding hydrogens is 378 g/mol.